The number of nitrogens with one attached hydrogen (secondary N) is 2. The quantitative estimate of drug-likeness (QED) is 0.446. The first-order valence-corrected chi connectivity index (χ1v) is 9.58. The van der Waals surface area contributed by atoms with Gasteiger partial charge in [0.25, 0.3) is 5.91 Å². The lowest BCUT2D eigenvalue weighted by Crippen LogP contribution is -2.14. The van der Waals surface area contributed by atoms with Crippen LogP contribution in [0.2, 0.25) is 0 Å². The van der Waals surface area contributed by atoms with Crippen molar-refractivity contribution in [2.75, 3.05) is 10.6 Å². The number of rotatable bonds is 5. The molecule has 0 fully saturated rings. The Balaban J connectivity index is 1.36. The number of benzene rings is 2. The maximum atomic E-state index is 12.3. The number of fused-ring (bicyclic) bond motifs is 1. The SMILES string of the molecule is Cc1nc2cc(NC(=O)Cc3ccc(NC(=O)c4ccc(Br)o4)cc3)ccc2o1. The van der Waals surface area contributed by atoms with Crippen LogP contribution in [0, 0.1) is 6.92 Å². The molecule has 7 nitrogen and oxygen atoms in total. The highest BCUT2D eigenvalue weighted by molar-refractivity contribution is 9.10. The van der Waals surface area contributed by atoms with E-state index in [1.165, 1.54) is 0 Å². The van der Waals surface area contributed by atoms with Crippen LogP contribution >= 0.6 is 15.9 Å². The Bertz CT molecular complexity index is 1190. The van der Waals surface area contributed by atoms with Gasteiger partial charge in [-0.3, -0.25) is 9.59 Å². The zero-order chi connectivity index (χ0) is 20.4. The van der Waals surface area contributed by atoms with Crippen molar-refractivity contribution in [1.29, 1.82) is 0 Å². The molecular formula is C21H16BrN3O4. The molecule has 8 heteroatoms. The fourth-order valence-corrected chi connectivity index (χ4v) is 3.15. The second-order valence-electron chi connectivity index (χ2n) is 6.40. The van der Waals surface area contributed by atoms with E-state index in [1.54, 1.807) is 61.5 Å². The Morgan fingerprint density at radius 1 is 0.966 bits per heavy atom. The average molecular weight is 454 g/mol. The van der Waals surface area contributed by atoms with Crippen molar-refractivity contribution in [3.63, 3.8) is 0 Å². The van der Waals surface area contributed by atoms with Crippen LogP contribution in [-0.4, -0.2) is 16.8 Å². The molecule has 0 aliphatic rings. The number of furan rings is 1. The first kappa shape index (κ1) is 18.9. The van der Waals surface area contributed by atoms with Crippen molar-refractivity contribution in [3.05, 3.63) is 76.5 Å². The van der Waals surface area contributed by atoms with Crippen molar-refractivity contribution in [2.24, 2.45) is 0 Å². The van der Waals surface area contributed by atoms with Crippen LogP contribution in [-0.2, 0) is 11.2 Å². The zero-order valence-electron chi connectivity index (χ0n) is 15.4. The van der Waals surface area contributed by atoms with E-state index in [4.69, 9.17) is 8.83 Å². The minimum atomic E-state index is -0.348. The lowest BCUT2D eigenvalue weighted by Gasteiger charge is -2.07. The molecule has 2 aromatic carbocycles. The molecular weight excluding hydrogens is 438 g/mol. The number of hydrogen-bond acceptors (Lipinski definition) is 5. The van der Waals surface area contributed by atoms with Gasteiger partial charge in [0.05, 0.1) is 6.42 Å². The van der Waals surface area contributed by atoms with E-state index in [0.29, 0.717) is 33.0 Å². The summed E-state index contributed by atoms with van der Waals surface area (Å²) in [6.45, 7) is 1.78. The van der Waals surface area contributed by atoms with E-state index in [0.717, 1.165) is 5.56 Å². The van der Waals surface area contributed by atoms with Crippen molar-refractivity contribution in [2.45, 2.75) is 13.3 Å². The Morgan fingerprint density at radius 2 is 1.72 bits per heavy atom. The third kappa shape index (κ3) is 4.55. The first-order valence-electron chi connectivity index (χ1n) is 8.79. The summed E-state index contributed by atoms with van der Waals surface area (Å²) in [7, 11) is 0. The lowest BCUT2D eigenvalue weighted by atomic mass is 10.1. The number of amides is 2. The van der Waals surface area contributed by atoms with Gasteiger partial charge in [0.1, 0.15) is 5.52 Å². The Hall–Kier alpha value is -3.39. The summed E-state index contributed by atoms with van der Waals surface area (Å²) in [5.41, 5.74) is 3.46. The Morgan fingerprint density at radius 3 is 2.45 bits per heavy atom. The van der Waals surface area contributed by atoms with Crippen LogP contribution in [0.5, 0.6) is 0 Å². The molecule has 0 unspecified atom stereocenters. The van der Waals surface area contributed by atoms with Gasteiger partial charge in [-0.25, -0.2) is 4.98 Å². The summed E-state index contributed by atoms with van der Waals surface area (Å²) in [4.78, 5) is 28.7. The van der Waals surface area contributed by atoms with Gasteiger partial charge in [-0.2, -0.15) is 0 Å². The summed E-state index contributed by atoms with van der Waals surface area (Å²) >= 11 is 3.16. The smallest absolute Gasteiger partial charge is 0.291 e. The van der Waals surface area contributed by atoms with Gasteiger partial charge in [0.15, 0.2) is 21.9 Å². The number of halogens is 1. The van der Waals surface area contributed by atoms with E-state index in [2.05, 4.69) is 31.5 Å². The van der Waals surface area contributed by atoms with Crippen LogP contribution in [0.1, 0.15) is 22.0 Å². The van der Waals surface area contributed by atoms with Crippen molar-refractivity contribution in [3.8, 4) is 0 Å². The number of anilines is 2. The van der Waals surface area contributed by atoms with Gasteiger partial charge in [-0.15, -0.1) is 0 Å². The molecule has 29 heavy (non-hydrogen) atoms. The summed E-state index contributed by atoms with van der Waals surface area (Å²) in [5, 5.41) is 5.60. The highest BCUT2D eigenvalue weighted by Crippen LogP contribution is 2.20. The monoisotopic (exact) mass is 453 g/mol. The normalized spacial score (nSPS) is 10.8. The molecule has 0 saturated heterocycles. The Kier molecular flexibility index (Phi) is 5.18. The number of carbonyl (C=O) groups excluding carboxylic acids is 2. The molecule has 0 spiro atoms. The highest BCUT2D eigenvalue weighted by Gasteiger charge is 2.11. The van der Waals surface area contributed by atoms with Crippen LogP contribution in [0.3, 0.4) is 0 Å². The van der Waals surface area contributed by atoms with E-state index < -0.39 is 0 Å². The van der Waals surface area contributed by atoms with Crippen LogP contribution in [0.4, 0.5) is 11.4 Å². The molecule has 146 valence electrons. The third-order valence-corrected chi connectivity index (χ3v) is 4.58. The van der Waals surface area contributed by atoms with Crippen LogP contribution in [0.25, 0.3) is 11.1 Å². The minimum Gasteiger partial charge on any atom is -0.444 e. The van der Waals surface area contributed by atoms with Crippen molar-refractivity contribution >= 4 is 50.2 Å². The highest BCUT2D eigenvalue weighted by atomic mass is 79.9. The number of oxazole rings is 1. The van der Waals surface area contributed by atoms with Crippen LogP contribution in [0.15, 0.2) is 68.1 Å². The zero-order valence-corrected chi connectivity index (χ0v) is 16.9. The second kappa shape index (κ2) is 7.92. The van der Waals surface area contributed by atoms with Gasteiger partial charge in [-0.05, 0) is 64.0 Å². The molecule has 4 aromatic rings. The number of aryl methyl sites for hydroxylation is 1. The van der Waals surface area contributed by atoms with Gasteiger partial charge >= 0.3 is 0 Å². The molecule has 0 aliphatic carbocycles. The van der Waals surface area contributed by atoms with Crippen LogP contribution < -0.4 is 10.6 Å². The number of hydrogen-bond donors (Lipinski definition) is 2. The lowest BCUT2D eigenvalue weighted by molar-refractivity contribution is -0.115. The van der Waals surface area contributed by atoms with E-state index >= 15 is 0 Å². The van der Waals surface area contributed by atoms with Crippen molar-refractivity contribution < 1.29 is 18.4 Å². The largest absolute Gasteiger partial charge is 0.444 e. The molecule has 0 atom stereocenters. The van der Waals surface area contributed by atoms with Crippen molar-refractivity contribution in [1.82, 2.24) is 4.98 Å². The molecule has 0 bridgehead atoms. The average Bonchev–Trinajstić information content (AvgIpc) is 3.27. The summed E-state index contributed by atoms with van der Waals surface area (Å²) in [5.74, 6) is 0.288. The number of aromatic nitrogens is 1. The van der Waals surface area contributed by atoms with Gasteiger partial charge in [0.2, 0.25) is 5.91 Å². The molecule has 2 aromatic heterocycles. The standard InChI is InChI=1S/C21H16BrN3O4/c1-12-23-16-11-15(6-7-17(16)28-12)24-20(26)10-13-2-4-14(5-3-13)25-21(27)18-8-9-19(22)29-18/h2-9,11H,10H2,1H3,(H,24,26)(H,25,27). The maximum absolute atomic E-state index is 12.3. The molecule has 2 amide bonds. The first-order chi connectivity index (χ1) is 14.0. The van der Waals surface area contributed by atoms with E-state index in [-0.39, 0.29) is 24.0 Å². The predicted molar refractivity (Wildman–Crippen MR) is 112 cm³/mol. The van der Waals surface area contributed by atoms with Gasteiger partial charge in [-0.1, -0.05) is 12.1 Å². The summed E-state index contributed by atoms with van der Waals surface area (Å²) < 4.78 is 11.1. The molecule has 4 rings (SSSR count). The van der Waals surface area contributed by atoms with E-state index in [9.17, 15) is 9.59 Å². The molecule has 0 aliphatic heterocycles. The second-order valence-corrected chi connectivity index (χ2v) is 7.18. The molecule has 2 heterocycles. The van der Waals surface area contributed by atoms with E-state index in [1.807, 2.05) is 0 Å². The predicted octanol–water partition coefficient (Wildman–Crippen LogP) is 4.93. The van der Waals surface area contributed by atoms with Gasteiger partial charge < -0.3 is 19.5 Å². The number of carbonyl (C=O) groups is 2. The third-order valence-electron chi connectivity index (χ3n) is 4.15. The molecule has 0 radical (unpaired) electrons. The topological polar surface area (TPSA) is 97.4 Å². The Labute approximate surface area is 174 Å². The minimum absolute atomic E-state index is 0.151. The van der Waals surface area contributed by atoms with Gasteiger partial charge in [0, 0.05) is 18.3 Å². The summed E-state index contributed by atoms with van der Waals surface area (Å²) in [6, 6.07) is 15.6. The fourth-order valence-electron chi connectivity index (χ4n) is 2.85. The number of nitrogens with zero attached hydrogens (tertiary/aromatic N) is 1. The molecule has 0 saturated carbocycles. The fraction of sp³-hybridized carbons (Fsp3) is 0.0952. The maximum Gasteiger partial charge on any atom is 0.291 e. The molecule has 2 N–H and O–H groups in total. The summed E-state index contributed by atoms with van der Waals surface area (Å²) in [6.07, 6.45) is 0.204.